The summed E-state index contributed by atoms with van der Waals surface area (Å²) in [6.45, 7) is 0. The predicted octanol–water partition coefficient (Wildman–Crippen LogP) is 4.22. The average Bonchev–Trinajstić information content (AvgIpc) is 3.11. The van der Waals surface area contributed by atoms with E-state index in [1.165, 1.54) is 29.0 Å². The molecule has 0 N–H and O–H groups in total. The number of imidazole rings is 1. The van der Waals surface area contributed by atoms with Gasteiger partial charge in [-0.15, -0.1) is 0 Å². The number of rotatable bonds is 2. The molecule has 4 rings (SSSR count). The number of fused-ring (bicyclic) bond motifs is 1. The zero-order valence-corrected chi connectivity index (χ0v) is 11.5. The number of halogens is 1. The first-order chi connectivity index (χ1) is 10.3. The smallest absolute Gasteiger partial charge is 0.123 e. The molecule has 0 fully saturated rings. The lowest BCUT2D eigenvalue weighted by atomic mass is 9.94. The summed E-state index contributed by atoms with van der Waals surface area (Å²) in [7, 11) is 0. The zero-order valence-electron chi connectivity index (χ0n) is 11.5. The number of aromatic nitrogens is 2. The molecule has 2 aromatic carbocycles. The van der Waals surface area contributed by atoms with Gasteiger partial charge >= 0.3 is 0 Å². The molecule has 0 saturated carbocycles. The summed E-state index contributed by atoms with van der Waals surface area (Å²) in [5.41, 5.74) is 4.79. The summed E-state index contributed by atoms with van der Waals surface area (Å²) in [5, 5.41) is 0. The number of hydrogen-bond donors (Lipinski definition) is 0. The van der Waals surface area contributed by atoms with Crippen molar-refractivity contribution in [3.05, 3.63) is 78.1 Å². The Morgan fingerprint density at radius 1 is 1.05 bits per heavy atom. The minimum Gasteiger partial charge on any atom is -0.327 e. The fourth-order valence-electron chi connectivity index (χ4n) is 3.22. The van der Waals surface area contributed by atoms with Crippen molar-refractivity contribution >= 4 is 0 Å². The summed E-state index contributed by atoms with van der Waals surface area (Å²) in [4.78, 5) is 4.25. The Morgan fingerprint density at radius 3 is 2.71 bits per heavy atom. The van der Waals surface area contributed by atoms with Gasteiger partial charge in [-0.1, -0.05) is 36.4 Å². The maximum atomic E-state index is 13.1. The molecule has 1 atom stereocenters. The van der Waals surface area contributed by atoms with E-state index in [-0.39, 0.29) is 5.82 Å². The fourth-order valence-corrected chi connectivity index (χ4v) is 3.22. The van der Waals surface area contributed by atoms with Crippen molar-refractivity contribution in [1.82, 2.24) is 9.55 Å². The average molecular weight is 278 g/mol. The Balaban J connectivity index is 1.82. The molecule has 3 aromatic rings. The molecule has 0 radical (unpaired) electrons. The Hall–Kier alpha value is -2.42. The number of aryl methyl sites for hydroxylation is 1. The van der Waals surface area contributed by atoms with Crippen LogP contribution in [0.3, 0.4) is 0 Å². The van der Waals surface area contributed by atoms with Gasteiger partial charge in [-0.05, 0) is 41.7 Å². The van der Waals surface area contributed by atoms with Crippen molar-refractivity contribution in [2.24, 2.45) is 0 Å². The standard InChI is InChI=1S/C18H15FN2/c19-14-7-5-13(6-8-14)16-3-1-2-4-17(16)18-10-9-15-11-20-12-21(15)18/h1-8,11-12,18H,9-10H2/t18-/m1/s1. The van der Waals surface area contributed by atoms with Crippen LogP contribution in [-0.2, 0) is 6.42 Å². The summed E-state index contributed by atoms with van der Waals surface area (Å²) in [6.07, 6.45) is 6.01. The van der Waals surface area contributed by atoms with Gasteiger partial charge in [-0.3, -0.25) is 0 Å². The molecule has 21 heavy (non-hydrogen) atoms. The molecule has 0 bridgehead atoms. The van der Waals surface area contributed by atoms with Crippen LogP contribution in [0.15, 0.2) is 61.1 Å². The van der Waals surface area contributed by atoms with Gasteiger partial charge in [0.25, 0.3) is 0 Å². The molecule has 1 aliphatic rings. The summed E-state index contributed by atoms with van der Waals surface area (Å²) >= 11 is 0. The lowest BCUT2D eigenvalue weighted by Gasteiger charge is -2.18. The predicted molar refractivity (Wildman–Crippen MR) is 80.5 cm³/mol. The van der Waals surface area contributed by atoms with Crippen LogP contribution < -0.4 is 0 Å². The SMILES string of the molecule is Fc1ccc(-c2ccccc2[C@H]2CCc3cncn32)cc1. The Morgan fingerprint density at radius 2 is 1.86 bits per heavy atom. The van der Waals surface area contributed by atoms with Crippen molar-refractivity contribution in [2.75, 3.05) is 0 Å². The molecule has 1 aliphatic heterocycles. The van der Waals surface area contributed by atoms with Gasteiger partial charge < -0.3 is 4.57 Å². The van der Waals surface area contributed by atoms with E-state index >= 15 is 0 Å². The molecular weight excluding hydrogens is 263 g/mol. The van der Waals surface area contributed by atoms with Crippen molar-refractivity contribution < 1.29 is 4.39 Å². The van der Waals surface area contributed by atoms with Crippen LogP contribution >= 0.6 is 0 Å². The lowest BCUT2D eigenvalue weighted by molar-refractivity contribution is 0.617. The van der Waals surface area contributed by atoms with Crippen molar-refractivity contribution in [3.63, 3.8) is 0 Å². The zero-order chi connectivity index (χ0) is 14.2. The maximum absolute atomic E-state index is 13.1. The van der Waals surface area contributed by atoms with Crippen LogP contribution in [0.25, 0.3) is 11.1 Å². The first kappa shape index (κ1) is 12.3. The monoisotopic (exact) mass is 278 g/mol. The molecule has 0 saturated heterocycles. The third-order valence-electron chi connectivity index (χ3n) is 4.23. The van der Waals surface area contributed by atoms with Gasteiger partial charge in [-0.2, -0.15) is 0 Å². The van der Waals surface area contributed by atoms with Gasteiger partial charge in [0.2, 0.25) is 0 Å². The molecule has 1 aromatic heterocycles. The highest BCUT2D eigenvalue weighted by molar-refractivity contribution is 5.68. The van der Waals surface area contributed by atoms with Crippen molar-refractivity contribution in [2.45, 2.75) is 18.9 Å². The van der Waals surface area contributed by atoms with Crippen LogP contribution in [0.1, 0.15) is 23.7 Å². The first-order valence-corrected chi connectivity index (χ1v) is 7.18. The Bertz CT molecular complexity index is 774. The molecular formula is C18H15FN2. The molecule has 0 spiro atoms. The molecule has 0 unspecified atom stereocenters. The van der Waals surface area contributed by atoms with Crippen LogP contribution in [0, 0.1) is 5.82 Å². The quantitative estimate of drug-likeness (QED) is 0.686. The number of nitrogens with zero attached hydrogens (tertiary/aromatic N) is 2. The molecule has 104 valence electrons. The minimum atomic E-state index is -0.200. The van der Waals surface area contributed by atoms with Crippen molar-refractivity contribution in [1.29, 1.82) is 0 Å². The molecule has 2 heterocycles. The fraction of sp³-hybridized carbons (Fsp3) is 0.167. The van der Waals surface area contributed by atoms with E-state index in [0.29, 0.717) is 6.04 Å². The molecule has 2 nitrogen and oxygen atoms in total. The van der Waals surface area contributed by atoms with E-state index < -0.39 is 0 Å². The molecule has 0 amide bonds. The summed E-state index contributed by atoms with van der Waals surface area (Å²) in [6, 6.07) is 15.4. The maximum Gasteiger partial charge on any atom is 0.123 e. The summed E-state index contributed by atoms with van der Waals surface area (Å²) in [5.74, 6) is -0.200. The highest BCUT2D eigenvalue weighted by Crippen LogP contribution is 2.37. The van der Waals surface area contributed by atoms with E-state index in [9.17, 15) is 4.39 Å². The van der Waals surface area contributed by atoms with Crippen LogP contribution in [0.2, 0.25) is 0 Å². The highest BCUT2D eigenvalue weighted by atomic mass is 19.1. The highest BCUT2D eigenvalue weighted by Gasteiger charge is 2.25. The van der Waals surface area contributed by atoms with Gasteiger partial charge in [0.15, 0.2) is 0 Å². The van der Waals surface area contributed by atoms with E-state index in [4.69, 9.17) is 0 Å². The first-order valence-electron chi connectivity index (χ1n) is 7.18. The lowest BCUT2D eigenvalue weighted by Crippen LogP contribution is -2.06. The normalized spacial score (nSPS) is 16.9. The van der Waals surface area contributed by atoms with E-state index in [1.54, 1.807) is 0 Å². The van der Waals surface area contributed by atoms with Crippen LogP contribution in [0.4, 0.5) is 4.39 Å². The third kappa shape index (κ3) is 2.05. The van der Waals surface area contributed by atoms with E-state index in [1.807, 2.05) is 30.7 Å². The second-order valence-corrected chi connectivity index (χ2v) is 5.44. The second kappa shape index (κ2) is 4.85. The largest absolute Gasteiger partial charge is 0.327 e. The Kier molecular flexibility index (Phi) is 2.85. The topological polar surface area (TPSA) is 17.8 Å². The third-order valence-corrected chi connectivity index (χ3v) is 4.23. The van der Waals surface area contributed by atoms with E-state index in [0.717, 1.165) is 18.4 Å². The van der Waals surface area contributed by atoms with Gasteiger partial charge in [0.05, 0.1) is 12.4 Å². The van der Waals surface area contributed by atoms with E-state index in [2.05, 4.69) is 27.8 Å². The minimum absolute atomic E-state index is 0.200. The van der Waals surface area contributed by atoms with Crippen molar-refractivity contribution in [3.8, 4) is 11.1 Å². The van der Waals surface area contributed by atoms with Gasteiger partial charge in [0, 0.05) is 11.9 Å². The van der Waals surface area contributed by atoms with Crippen LogP contribution in [-0.4, -0.2) is 9.55 Å². The molecule has 3 heteroatoms. The number of hydrogen-bond acceptors (Lipinski definition) is 1. The molecule has 0 aliphatic carbocycles. The van der Waals surface area contributed by atoms with Crippen LogP contribution in [0.5, 0.6) is 0 Å². The second-order valence-electron chi connectivity index (χ2n) is 5.44. The van der Waals surface area contributed by atoms with Gasteiger partial charge in [0.1, 0.15) is 5.82 Å². The Labute approximate surface area is 122 Å². The summed E-state index contributed by atoms with van der Waals surface area (Å²) < 4.78 is 15.4. The van der Waals surface area contributed by atoms with Gasteiger partial charge in [-0.25, -0.2) is 9.37 Å². The number of benzene rings is 2.